The number of hydrogen-bond donors (Lipinski definition) is 2. The Hall–Kier alpha value is -3.61. The van der Waals surface area contributed by atoms with Crippen LogP contribution in [0.1, 0.15) is 18.1 Å². The molecule has 0 radical (unpaired) electrons. The first-order valence-corrected chi connectivity index (χ1v) is 9.70. The van der Waals surface area contributed by atoms with Crippen molar-refractivity contribution in [2.75, 3.05) is 13.2 Å². The Morgan fingerprint density at radius 1 is 0.933 bits per heavy atom. The number of carbonyl (C=O) groups excluding carboxylic acids is 3. The van der Waals surface area contributed by atoms with E-state index < -0.39 is 18.1 Å². The first-order chi connectivity index (χ1) is 14.6. The van der Waals surface area contributed by atoms with Gasteiger partial charge in [0.25, 0.3) is 0 Å². The summed E-state index contributed by atoms with van der Waals surface area (Å²) < 4.78 is 10.0. The van der Waals surface area contributed by atoms with E-state index >= 15 is 0 Å². The molecule has 0 aliphatic heterocycles. The summed E-state index contributed by atoms with van der Waals surface area (Å²) >= 11 is 0. The van der Waals surface area contributed by atoms with Crippen molar-refractivity contribution < 1.29 is 23.9 Å². The molecule has 0 spiro atoms. The number of alkyl carbamates (subject to hydrolysis) is 1. The number of nitrogens with one attached hydrogen (secondary N) is 2. The van der Waals surface area contributed by atoms with Crippen LogP contribution in [0.2, 0.25) is 0 Å². The SMILES string of the molecule is CCOC(=O)/C=C\CNC(=O)[C@H](Cc1ccccc1)NC(=O)OCc1ccccc1. The second-order valence-electron chi connectivity index (χ2n) is 6.35. The van der Waals surface area contributed by atoms with Crippen molar-refractivity contribution in [3.63, 3.8) is 0 Å². The minimum atomic E-state index is -0.827. The molecule has 1 atom stereocenters. The topological polar surface area (TPSA) is 93.7 Å². The summed E-state index contributed by atoms with van der Waals surface area (Å²) in [6.07, 6.45) is 2.35. The fraction of sp³-hybridized carbons (Fsp3) is 0.261. The van der Waals surface area contributed by atoms with E-state index in [9.17, 15) is 14.4 Å². The average Bonchev–Trinajstić information content (AvgIpc) is 2.76. The van der Waals surface area contributed by atoms with Gasteiger partial charge in [-0.25, -0.2) is 9.59 Å². The first kappa shape index (κ1) is 22.7. The number of hydrogen-bond acceptors (Lipinski definition) is 5. The standard InChI is InChI=1S/C23H26N2O5/c1-2-29-21(26)14-9-15-24-22(27)20(16-18-10-5-3-6-11-18)25-23(28)30-17-19-12-7-4-8-13-19/h3-14,20H,2,15-17H2,1H3,(H,24,27)(H,25,28)/b14-9-/t20-/m0/s1. The van der Waals surface area contributed by atoms with Crippen molar-refractivity contribution in [1.82, 2.24) is 10.6 Å². The zero-order valence-corrected chi connectivity index (χ0v) is 16.9. The van der Waals surface area contributed by atoms with E-state index in [-0.39, 0.29) is 25.7 Å². The molecule has 0 aliphatic rings. The van der Waals surface area contributed by atoms with Gasteiger partial charge in [-0.15, -0.1) is 0 Å². The zero-order valence-electron chi connectivity index (χ0n) is 16.9. The molecule has 0 fully saturated rings. The van der Waals surface area contributed by atoms with Crippen LogP contribution in [0.4, 0.5) is 4.79 Å². The van der Waals surface area contributed by atoms with Crippen LogP contribution in [-0.4, -0.2) is 37.2 Å². The van der Waals surface area contributed by atoms with Gasteiger partial charge < -0.3 is 20.1 Å². The van der Waals surface area contributed by atoms with Crippen LogP contribution in [-0.2, 0) is 32.1 Å². The van der Waals surface area contributed by atoms with E-state index in [0.717, 1.165) is 11.1 Å². The third-order valence-electron chi connectivity index (χ3n) is 4.04. The number of benzene rings is 2. The lowest BCUT2D eigenvalue weighted by Gasteiger charge is -2.18. The van der Waals surface area contributed by atoms with Crippen molar-refractivity contribution in [2.24, 2.45) is 0 Å². The minimum absolute atomic E-state index is 0.106. The largest absolute Gasteiger partial charge is 0.463 e. The van der Waals surface area contributed by atoms with E-state index in [1.165, 1.54) is 12.2 Å². The quantitative estimate of drug-likeness (QED) is 0.464. The number of rotatable bonds is 10. The van der Waals surface area contributed by atoms with Crippen molar-refractivity contribution >= 4 is 18.0 Å². The molecule has 0 bridgehead atoms. The van der Waals surface area contributed by atoms with Gasteiger partial charge in [0.15, 0.2) is 0 Å². The zero-order chi connectivity index (χ0) is 21.6. The van der Waals surface area contributed by atoms with Gasteiger partial charge in [-0.1, -0.05) is 66.7 Å². The van der Waals surface area contributed by atoms with E-state index in [0.29, 0.717) is 6.42 Å². The lowest BCUT2D eigenvalue weighted by Crippen LogP contribution is -2.48. The Bertz CT molecular complexity index is 837. The Morgan fingerprint density at radius 3 is 2.20 bits per heavy atom. The Balaban J connectivity index is 1.92. The molecule has 2 aromatic rings. The van der Waals surface area contributed by atoms with Crippen LogP contribution in [0.3, 0.4) is 0 Å². The lowest BCUT2D eigenvalue weighted by molar-refractivity contribution is -0.137. The summed E-state index contributed by atoms with van der Waals surface area (Å²) in [5.74, 6) is -0.862. The van der Waals surface area contributed by atoms with E-state index in [1.54, 1.807) is 6.92 Å². The third-order valence-corrected chi connectivity index (χ3v) is 4.04. The lowest BCUT2D eigenvalue weighted by atomic mass is 10.1. The van der Waals surface area contributed by atoms with Gasteiger partial charge in [0, 0.05) is 19.0 Å². The summed E-state index contributed by atoms with van der Waals surface area (Å²) in [4.78, 5) is 36.1. The van der Waals surface area contributed by atoms with Crippen molar-refractivity contribution in [1.29, 1.82) is 0 Å². The monoisotopic (exact) mass is 410 g/mol. The molecule has 7 heteroatoms. The van der Waals surface area contributed by atoms with Crippen LogP contribution < -0.4 is 10.6 Å². The number of carbonyl (C=O) groups is 3. The second kappa shape index (κ2) is 12.8. The Labute approximate surface area is 176 Å². The predicted octanol–water partition coefficient (Wildman–Crippen LogP) is 2.76. The summed E-state index contributed by atoms with van der Waals surface area (Å²) in [6, 6.07) is 17.8. The molecule has 158 valence electrons. The predicted molar refractivity (Wildman–Crippen MR) is 112 cm³/mol. The van der Waals surface area contributed by atoms with Gasteiger partial charge in [-0.3, -0.25) is 4.79 Å². The summed E-state index contributed by atoms with van der Waals surface area (Å²) in [5, 5.41) is 5.29. The fourth-order valence-electron chi connectivity index (χ4n) is 2.59. The van der Waals surface area contributed by atoms with Gasteiger partial charge >= 0.3 is 12.1 Å². The molecule has 0 aromatic heterocycles. The molecule has 30 heavy (non-hydrogen) atoms. The van der Waals surface area contributed by atoms with Crippen molar-refractivity contribution in [2.45, 2.75) is 26.0 Å². The van der Waals surface area contributed by atoms with E-state index in [4.69, 9.17) is 9.47 Å². The highest BCUT2D eigenvalue weighted by atomic mass is 16.5. The second-order valence-corrected chi connectivity index (χ2v) is 6.35. The number of esters is 1. The molecule has 0 unspecified atom stereocenters. The highest BCUT2D eigenvalue weighted by Crippen LogP contribution is 2.05. The van der Waals surface area contributed by atoms with Crippen LogP contribution in [0.15, 0.2) is 72.8 Å². The van der Waals surface area contributed by atoms with Crippen LogP contribution in [0, 0.1) is 0 Å². The normalized spacial score (nSPS) is 11.5. The Kier molecular flexibility index (Phi) is 9.65. The maximum absolute atomic E-state index is 12.6. The smallest absolute Gasteiger partial charge is 0.408 e. The molecule has 7 nitrogen and oxygen atoms in total. The highest BCUT2D eigenvalue weighted by Gasteiger charge is 2.21. The molecule has 2 rings (SSSR count). The first-order valence-electron chi connectivity index (χ1n) is 9.70. The fourth-order valence-corrected chi connectivity index (χ4v) is 2.59. The minimum Gasteiger partial charge on any atom is -0.463 e. The summed E-state index contributed by atoms with van der Waals surface area (Å²) in [7, 11) is 0. The van der Waals surface area contributed by atoms with Crippen molar-refractivity contribution in [3.8, 4) is 0 Å². The van der Waals surface area contributed by atoms with Gasteiger partial charge in [0.1, 0.15) is 12.6 Å². The number of amides is 2. The van der Waals surface area contributed by atoms with E-state index in [2.05, 4.69) is 10.6 Å². The molecule has 0 heterocycles. The van der Waals surface area contributed by atoms with Gasteiger partial charge in [-0.05, 0) is 18.1 Å². The molecule has 0 saturated carbocycles. The van der Waals surface area contributed by atoms with Crippen LogP contribution in [0.25, 0.3) is 0 Å². The van der Waals surface area contributed by atoms with E-state index in [1.807, 2.05) is 60.7 Å². The molecule has 0 saturated heterocycles. The summed E-state index contributed by atoms with van der Waals surface area (Å²) in [6.45, 7) is 2.23. The van der Waals surface area contributed by atoms with Crippen LogP contribution >= 0.6 is 0 Å². The molecule has 0 aliphatic carbocycles. The van der Waals surface area contributed by atoms with Gasteiger partial charge in [-0.2, -0.15) is 0 Å². The maximum atomic E-state index is 12.6. The third kappa shape index (κ3) is 8.60. The average molecular weight is 410 g/mol. The molecular formula is C23H26N2O5. The van der Waals surface area contributed by atoms with Crippen molar-refractivity contribution in [3.05, 3.63) is 83.9 Å². The highest BCUT2D eigenvalue weighted by molar-refractivity contribution is 5.86. The van der Waals surface area contributed by atoms with Gasteiger partial charge in [0.05, 0.1) is 6.61 Å². The Morgan fingerprint density at radius 2 is 1.57 bits per heavy atom. The molecular weight excluding hydrogens is 384 g/mol. The number of ether oxygens (including phenoxy) is 2. The maximum Gasteiger partial charge on any atom is 0.408 e. The van der Waals surface area contributed by atoms with Crippen LogP contribution in [0.5, 0.6) is 0 Å². The summed E-state index contributed by atoms with van der Waals surface area (Å²) in [5.41, 5.74) is 1.74. The molecule has 2 amide bonds. The molecule has 2 N–H and O–H groups in total. The molecule has 2 aromatic carbocycles. The van der Waals surface area contributed by atoms with Gasteiger partial charge in [0.2, 0.25) is 5.91 Å².